The van der Waals surface area contributed by atoms with Gasteiger partial charge in [0, 0.05) is 22.3 Å². The first kappa shape index (κ1) is 17.7. The molecule has 8 heteroatoms. The summed E-state index contributed by atoms with van der Waals surface area (Å²) in [6.07, 6.45) is 0. The molecule has 2 aromatic carbocycles. The quantitative estimate of drug-likeness (QED) is 0.549. The SMILES string of the molecule is Cc1ccc(NC(=O)c2ccc(NCC[NH3+])c([N+](=O)[O-])c2)cc1Cl. The highest BCUT2D eigenvalue weighted by atomic mass is 35.5. The second-order valence-electron chi connectivity index (χ2n) is 5.19. The molecule has 2 rings (SSSR count). The third kappa shape index (κ3) is 4.21. The zero-order valence-corrected chi connectivity index (χ0v) is 13.9. The summed E-state index contributed by atoms with van der Waals surface area (Å²) in [6, 6.07) is 9.43. The largest absolute Gasteiger partial charge is 0.374 e. The summed E-state index contributed by atoms with van der Waals surface area (Å²) in [5.74, 6) is -0.443. The lowest BCUT2D eigenvalue weighted by atomic mass is 10.1. The van der Waals surface area contributed by atoms with Gasteiger partial charge in [0.25, 0.3) is 11.6 Å². The molecule has 0 heterocycles. The zero-order valence-electron chi connectivity index (χ0n) is 13.1. The highest BCUT2D eigenvalue weighted by molar-refractivity contribution is 6.31. The van der Waals surface area contributed by atoms with E-state index < -0.39 is 10.8 Å². The van der Waals surface area contributed by atoms with E-state index in [1.807, 2.05) is 6.92 Å². The number of anilines is 2. The Bertz CT molecular complexity index is 780. The molecule has 0 unspecified atom stereocenters. The van der Waals surface area contributed by atoms with Gasteiger partial charge in [-0.15, -0.1) is 0 Å². The van der Waals surface area contributed by atoms with Crippen molar-refractivity contribution >= 4 is 34.6 Å². The predicted octanol–water partition coefficient (Wildman–Crippen LogP) is 2.46. The Balaban J connectivity index is 2.24. The Kier molecular flexibility index (Phi) is 5.73. The van der Waals surface area contributed by atoms with E-state index in [1.165, 1.54) is 18.2 Å². The molecule has 0 saturated heterocycles. The number of halogens is 1. The summed E-state index contributed by atoms with van der Waals surface area (Å²) < 4.78 is 0. The third-order valence-electron chi connectivity index (χ3n) is 3.38. The second-order valence-corrected chi connectivity index (χ2v) is 5.59. The summed E-state index contributed by atoms with van der Waals surface area (Å²) in [7, 11) is 0. The summed E-state index contributed by atoms with van der Waals surface area (Å²) in [5, 5.41) is 17.3. The van der Waals surface area contributed by atoms with Crippen molar-refractivity contribution in [2.24, 2.45) is 0 Å². The predicted molar refractivity (Wildman–Crippen MR) is 93.5 cm³/mol. The first-order chi connectivity index (χ1) is 11.4. The lowest BCUT2D eigenvalue weighted by Gasteiger charge is -2.09. The normalized spacial score (nSPS) is 10.3. The fourth-order valence-corrected chi connectivity index (χ4v) is 2.25. The van der Waals surface area contributed by atoms with Crippen LogP contribution in [-0.4, -0.2) is 23.9 Å². The number of amides is 1. The van der Waals surface area contributed by atoms with Crippen LogP contribution in [0.1, 0.15) is 15.9 Å². The number of hydrogen-bond donors (Lipinski definition) is 3. The molecule has 5 N–H and O–H groups in total. The number of benzene rings is 2. The van der Waals surface area contributed by atoms with Crippen molar-refractivity contribution in [3.8, 4) is 0 Å². The first-order valence-electron chi connectivity index (χ1n) is 7.31. The van der Waals surface area contributed by atoms with Crippen LogP contribution in [0.5, 0.6) is 0 Å². The van der Waals surface area contributed by atoms with Gasteiger partial charge < -0.3 is 16.4 Å². The molecule has 0 aliphatic heterocycles. The van der Waals surface area contributed by atoms with Crippen LogP contribution in [0.4, 0.5) is 17.1 Å². The van der Waals surface area contributed by atoms with Gasteiger partial charge in [0.05, 0.1) is 18.0 Å². The lowest BCUT2D eigenvalue weighted by Crippen LogP contribution is -2.53. The van der Waals surface area contributed by atoms with Gasteiger partial charge >= 0.3 is 0 Å². The molecule has 0 radical (unpaired) electrons. The van der Waals surface area contributed by atoms with E-state index in [4.69, 9.17) is 11.6 Å². The minimum atomic E-state index is -0.523. The number of rotatable bonds is 6. The van der Waals surface area contributed by atoms with Crippen LogP contribution in [0, 0.1) is 17.0 Å². The van der Waals surface area contributed by atoms with Crippen LogP contribution in [-0.2, 0) is 0 Å². The molecule has 0 aromatic heterocycles. The Morgan fingerprint density at radius 2 is 2.04 bits per heavy atom. The van der Waals surface area contributed by atoms with E-state index in [2.05, 4.69) is 16.4 Å². The molecule has 0 aliphatic rings. The molecule has 0 aliphatic carbocycles. The molecule has 2 aromatic rings. The van der Waals surface area contributed by atoms with Gasteiger partial charge in [0.2, 0.25) is 0 Å². The number of hydrogen-bond acceptors (Lipinski definition) is 4. The Hall–Kier alpha value is -2.64. The lowest BCUT2D eigenvalue weighted by molar-refractivity contribution is -0.384. The van der Waals surface area contributed by atoms with Crippen molar-refractivity contribution < 1.29 is 15.5 Å². The molecule has 7 nitrogen and oxygen atoms in total. The maximum absolute atomic E-state index is 12.3. The molecule has 0 bridgehead atoms. The summed E-state index contributed by atoms with van der Waals surface area (Å²) in [4.78, 5) is 23.0. The van der Waals surface area contributed by atoms with E-state index in [-0.39, 0.29) is 11.3 Å². The Labute approximate surface area is 144 Å². The highest BCUT2D eigenvalue weighted by Crippen LogP contribution is 2.26. The van der Waals surface area contributed by atoms with Crippen molar-refractivity contribution in [1.29, 1.82) is 0 Å². The van der Waals surface area contributed by atoms with Gasteiger partial charge in [-0.2, -0.15) is 0 Å². The van der Waals surface area contributed by atoms with E-state index in [1.54, 1.807) is 18.2 Å². The molecule has 1 amide bonds. The first-order valence-corrected chi connectivity index (χ1v) is 7.69. The van der Waals surface area contributed by atoms with Crippen LogP contribution in [0.15, 0.2) is 36.4 Å². The van der Waals surface area contributed by atoms with Gasteiger partial charge in [-0.05, 0) is 36.8 Å². The average Bonchev–Trinajstić information content (AvgIpc) is 2.56. The van der Waals surface area contributed by atoms with Crippen molar-refractivity contribution in [2.75, 3.05) is 23.7 Å². The number of quaternary nitrogens is 1. The molecule has 0 spiro atoms. The van der Waals surface area contributed by atoms with Crippen molar-refractivity contribution in [1.82, 2.24) is 0 Å². The van der Waals surface area contributed by atoms with Crippen LogP contribution in [0.3, 0.4) is 0 Å². The van der Waals surface area contributed by atoms with E-state index in [0.717, 1.165) is 5.56 Å². The van der Waals surface area contributed by atoms with Crippen molar-refractivity contribution in [2.45, 2.75) is 6.92 Å². The van der Waals surface area contributed by atoms with Gasteiger partial charge in [-0.25, -0.2) is 0 Å². The Morgan fingerprint density at radius 3 is 2.67 bits per heavy atom. The topological polar surface area (TPSA) is 112 Å². The molecule has 126 valence electrons. The van der Waals surface area contributed by atoms with Crippen LogP contribution < -0.4 is 16.4 Å². The zero-order chi connectivity index (χ0) is 17.7. The second kappa shape index (κ2) is 7.76. The van der Waals surface area contributed by atoms with Gasteiger partial charge in [0.15, 0.2) is 0 Å². The van der Waals surface area contributed by atoms with Crippen molar-refractivity contribution in [3.63, 3.8) is 0 Å². The maximum Gasteiger partial charge on any atom is 0.293 e. The molecular formula is C16H18ClN4O3+. The highest BCUT2D eigenvalue weighted by Gasteiger charge is 2.17. The molecule has 24 heavy (non-hydrogen) atoms. The van der Waals surface area contributed by atoms with Crippen molar-refractivity contribution in [3.05, 3.63) is 62.7 Å². The van der Waals surface area contributed by atoms with E-state index >= 15 is 0 Å². The van der Waals surface area contributed by atoms with Gasteiger partial charge in [0.1, 0.15) is 5.69 Å². The average molecular weight is 350 g/mol. The fraction of sp³-hybridized carbons (Fsp3) is 0.188. The molecule has 0 fully saturated rings. The molecule has 0 saturated carbocycles. The number of nitrogens with one attached hydrogen (secondary N) is 2. The number of nitrogens with zero attached hydrogens (tertiary/aromatic N) is 1. The summed E-state index contributed by atoms with van der Waals surface area (Å²) in [5.41, 5.74) is 5.49. The Morgan fingerprint density at radius 1 is 1.29 bits per heavy atom. The summed E-state index contributed by atoms with van der Waals surface area (Å²) >= 11 is 6.03. The minimum absolute atomic E-state index is 0.155. The van der Waals surface area contributed by atoms with Gasteiger partial charge in [-0.3, -0.25) is 14.9 Å². The molecular weight excluding hydrogens is 332 g/mol. The molecule has 0 atom stereocenters. The van der Waals surface area contributed by atoms with E-state index in [9.17, 15) is 14.9 Å². The number of nitro benzene ring substituents is 1. The third-order valence-corrected chi connectivity index (χ3v) is 3.79. The fourth-order valence-electron chi connectivity index (χ4n) is 2.07. The number of aryl methyl sites for hydroxylation is 1. The monoisotopic (exact) mass is 349 g/mol. The number of carbonyl (C=O) groups excluding carboxylic acids is 1. The smallest absolute Gasteiger partial charge is 0.293 e. The van der Waals surface area contributed by atoms with Crippen LogP contribution in [0.2, 0.25) is 5.02 Å². The van der Waals surface area contributed by atoms with E-state index in [0.29, 0.717) is 29.5 Å². The van der Waals surface area contributed by atoms with Crippen LogP contribution >= 0.6 is 11.6 Å². The van der Waals surface area contributed by atoms with Gasteiger partial charge in [-0.1, -0.05) is 17.7 Å². The van der Waals surface area contributed by atoms with Crippen LogP contribution in [0.25, 0.3) is 0 Å². The standard InChI is InChI=1S/C16H17ClN4O3/c1-10-2-4-12(9-13(10)17)20-16(22)11-3-5-14(19-7-6-18)15(8-11)21(23)24/h2-5,8-9,19H,6-7,18H2,1H3,(H,20,22)/p+1. The number of nitro groups is 1. The minimum Gasteiger partial charge on any atom is -0.374 e. The summed E-state index contributed by atoms with van der Waals surface area (Å²) in [6.45, 7) is 2.96. The maximum atomic E-state index is 12.3. The number of carbonyl (C=O) groups is 1.